The summed E-state index contributed by atoms with van der Waals surface area (Å²) in [4.78, 5) is 27.2. The fourth-order valence-corrected chi connectivity index (χ4v) is 4.46. The topological polar surface area (TPSA) is 88.1 Å². The number of fused-ring (bicyclic) bond motifs is 2. The molecule has 3 amide bonds. The average Bonchev–Trinajstić information content (AvgIpc) is 2.98. The standard InChI is InChI=1S/C24H28N2O5/c1-15-6-7-16(2)21(11-15)31-14-18(27)13-26-22(28)24(25-23(26)29)10-4-5-17-12-19(30-3)8-9-20(17)24/h6-9,11-12,18,27H,4-5,10,13-14H2,1-3H3,(H,25,29)/t18-,24+/m0/s1. The highest BCUT2D eigenvalue weighted by Gasteiger charge is 2.54. The van der Waals surface area contributed by atoms with Crippen molar-refractivity contribution in [1.29, 1.82) is 0 Å². The van der Waals surface area contributed by atoms with Crippen LogP contribution in [0.1, 0.15) is 35.1 Å². The molecule has 1 fully saturated rings. The van der Waals surface area contributed by atoms with Gasteiger partial charge in [0, 0.05) is 0 Å². The van der Waals surface area contributed by atoms with Crippen LogP contribution in [0.2, 0.25) is 0 Å². The Hall–Kier alpha value is -3.06. The summed E-state index contributed by atoms with van der Waals surface area (Å²) in [6.45, 7) is 3.76. The van der Waals surface area contributed by atoms with E-state index < -0.39 is 17.7 Å². The summed E-state index contributed by atoms with van der Waals surface area (Å²) in [5.41, 5.74) is 2.74. The molecule has 0 unspecified atom stereocenters. The predicted octanol–water partition coefficient (Wildman–Crippen LogP) is 2.84. The summed E-state index contributed by atoms with van der Waals surface area (Å²) in [5.74, 6) is 1.08. The molecular weight excluding hydrogens is 396 g/mol. The molecule has 1 spiro atoms. The van der Waals surface area contributed by atoms with E-state index in [1.807, 2.05) is 44.2 Å². The van der Waals surface area contributed by atoms with E-state index in [9.17, 15) is 14.7 Å². The molecular formula is C24H28N2O5. The Morgan fingerprint density at radius 3 is 2.77 bits per heavy atom. The number of nitrogens with one attached hydrogen (secondary N) is 1. The summed E-state index contributed by atoms with van der Waals surface area (Å²) in [6.07, 6.45) is 1.13. The number of hydrogen-bond donors (Lipinski definition) is 2. The first kappa shape index (κ1) is 21.2. The summed E-state index contributed by atoms with van der Waals surface area (Å²) >= 11 is 0. The highest BCUT2D eigenvalue weighted by Crippen LogP contribution is 2.41. The van der Waals surface area contributed by atoms with Gasteiger partial charge in [0.2, 0.25) is 0 Å². The maximum Gasteiger partial charge on any atom is 0.325 e. The number of ether oxygens (including phenoxy) is 2. The summed E-state index contributed by atoms with van der Waals surface area (Å²) in [7, 11) is 1.60. The van der Waals surface area contributed by atoms with Crippen molar-refractivity contribution in [2.75, 3.05) is 20.3 Å². The van der Waals surface area contributed by atoms with Crippen LogP contribution in [-0.4, -0.2) is 48.3 Å². The first-order valence-corrected chi connectivity index (χ1v) is 10.5. The SMILES string of the molecule is COc1ccc2c(c1)CCC[C@@]21NC(=O)N(C[C@H](O)COc2cc(C)ccc2C)C1=O. The zero-order valence-corrected chi connectivity index (χ0v) is 18.1. The molecule has 2 N–H and O–H groups in total. The monoisotopic (exact) mass is 424 g/mol. The Morgan fingerprint density at radius 2 is 2.00 bits per heavy atom. The number of urea groups is 1. The summed E-state index contributed by atoms with van der Waals surface area (Å²) in [5, 5.41) is 13.4. The molecule has 2 aliphatic rings. The van der Waals surface area contributed by atoms with Crippen LogP contribution in [0.25, 0.3) is 0 Å². The lowest BCUT2D eigenvalue weighted by atomic mass is 9.76. The van der Waals surface area contributed by atoms with E-state index in [2.05, 4.69) is 5.32 Å². The average molecular weight is 424 g/mol. The molecule has 0 saturated carbocycles. The third kappa shape index (κ3) is 3.85. The van der Waals surface area contributed by atoms with Crippen molar-refractivity contribution >= 4 is 11.9 Å². The van der Waals surface area contributed by atoms with E-state index in [1.165, 1.54) is 0 Å². The van der Waals surface area contributed by atoms with Gasteiger partial charge in [-0.25, -0.2) is 4.79 Å². The number of carbonyl (C=O) groups excluding carboxylic acids is 2. The number of nitrogens with zero attached hydrogens (tertiary/aromatic N) is 1. The van der Waals surface area contributed by atoms with Gasteiger partial charge in [-0.1, -0.05) is 18.2 Å². The van der Waals surface area contributed by atoms with Crippen LogP contribution in [0.3, 0.4) is 0 Å². The zero-order chi connectivity index (χ0) is 22.2. The third-order valence-electron chi connectivity index (χ3n) is 6.11. The van der Waals surface area contributed by atoms with Crippen LogP contribution in [0.5, 0.6) is 11.5 Å². The van der Waals surface area contributed by atoms with Crippen molar-refractivity contribution in [1.82, 2.24) is 10.2 Å². The molecule has 1 heterocycles. The highest BCUT2D eigenvalue weighted by molar-refractivity contribution is 6.07. The quantitative estimate of drug-likeness (QED) is 0.697. The molecule has 1 aliphatic heterocycles. The molecule has 0 radical (unpaired) electrons. The number of amides is 3. The van der Waals surface area contributed by atoms with E-state index in [0.717, 1.165) is 45.7 Å². The van der Waals surface area contributed by atoms with Crippen LogP contribution >= 0.6 is 0 Å². The number of aliphatic hydroxyl groups is 1. The van der Waals surface area contributed by atoms with Gasteiger partial charge in [-0.15, -0.1) is 0 Å². The van der Waals surface area contributed by atoms with Gasteiger partial charge in [0.15, 0.2) is 0 Å². The number of β-amino-alcohol motifs (C(OH)–C–C–N with tert-alkyl or cyclic N) is 1. The second-order valence-electron chi connectivity index (χ2n) is 8.36. The smallest absolute Gasteiger partial charge is 0.325 e. The van der Waals surface area contributed by atoms with Crippen LogP contribution in [-0.2, 0) is 16.8 Å². The van der Waals surface area contributed by atoms with Gasteiger partial charge in [0.25, 0.3) is 5.91 Å². The normalized spacial score (nSPS) is 21.1. The minimum atomic E-state index is -1.08. The maximum absolute atomic E-state index is 13.4. The molecule has 1 aliphatic carbocycles. The minimum absolute atomic E-state index is 0.0118. The van der Waals surface area contributed by atoms with Gasteiger partial charge < -0.3 is 19.9 Å². The molecule has 2 aromatic carbocycles. The molecule has 7 heteroatoms. The number of rotatable bonds is 6. The third-order valence-corrected chi connectivity index (χ3v) is 6.11. The number of aliphatic hydroxyl groups excluding tert-OH is 1. The number of benzene rings is 2. The first-order valence-electron chi connectivity index (χ1n) is 10.5. The molecule has 0 bridgehead atoms. The van der Waals surface area contributed by atoms with Crippen molar-refractivity contribution in [2.45, 2.75) is 44.8 Å². The fraction of sp³-hybridized carbons (Fsp3) is 0.417. The van der Waals surface area contributed by atoms with Crippen LogP contribution in [0, 0.1) is 13.8 Å². The predicted molar refractivity (Wildman–Crippen MR) is 115 cm³/mol. The molecule has 2 aromatic rings. The molecule has 164 valence electrons. The lowest BCUT2D eigenvalue weighted by Gasteiger charge is -2.33. The molecule has 0 aromatic heterocycles. The van der Waals surface area contributed by atoms with Crippen LogP contribution in [0.4, 0.5) is 4.79 Å². The number of methoxy groups -OCH3 is 1. The van der Waals surface area contributed by atoms with E-state index >= 15 is 0 Å². The van der Waals surface area contributed by atoms with E-state index in [1.54, 1.807) is 13.2 Å². The van der Waals surface area contributed by atoms with Gasteiger partial charge in [-0.05, 0) is 73.6 Å². The first-order chi connectivity index (χ1) is 14.8. The van der Waals surface area contributed by atoms with Crippen LogP contribution in [0.15, 0.2) is 36.4 Å². The number of hydrogen-bond acceptors (Lipinski definition) is 5. The van der Waals surface area contributed by atoms with Gasteiger partial charge in [0.05, 0.1) is 13.7 Å². The summed E-state index contributed by atoms with van der Waals surface area (Å²) in [6, 6.07) is 10.9. The summed E-state index contributed by atoms with van der Waals surface area (Å²) < 4.78 is 11.0. The van der Waals surface area contributed by atoms with Crippen molar-refractivity contribution in [3.8, 4) is 11.5 Å². The Balaban J connectivity index is 1.49. The van der Waals surface area contributed by atoms with Crippen LogP contribution < -0.4 is 14.8 Å². The molecule has 7 nitrogen and oxygen atoms in total. The van der Waals surface area contributed by atoms with Gasteiger partial charge in [0.1, 0.15) is 29.7 Å². The number of carbonyl (C=O) groups is 2. The molecule has 1 saturated heterocycles. The highest BCUT2D eigenvalue weighted by atomic mass is 16.5. The van der Waals surface area contributed by atoms with Gasteiger partial charge >= 0.3 is 6.03 Å². The number of aryl methyl sites for hydroxylation is 3. The lowest BCUT2D eigenvalue weighted by Crippen LogP contribution is -2.47. The maximum atomic E-state index is 13.4. The van der Waals surface area contributed by atoms with Crippen molar-refractivity contribution in [3.63, 3.8) is 0 Å². The van der Waals surface area contributed by atoms with Crippen molar-refractivity contribution in [3.05, 3.63) is 58.7 Å². The Bertz CT molecular complexity index is 1020. The van der Waals surface area contributed by atoms with E-state index in [4.69, 9.17) is 9.47 Å². The fourth-order valence-electron chi connectivity index (χ4n) is 4.46. The number of imide groups is 1. The zero-order valence-electron chi connectivity index (χ0n) is 18.1. The Morgan fingerprint density at radius 1 is 1.19 bits per heavy atom. The Labute approximate surface area is 182 Å². The van der Waals surface area contributed by atoms with Gasteiger partial charge in [-0.2, -0.15) is 0 Å². The minimum Gasteiger partial charge on any atom is -0.497 e. The van der Waals surface area contributed by atoms with E-state index in [-0.39, 0.29) is 19.1 Å². The molecule has 4 rings (SSSR count). The van der Waals surface area contributed by atoms with Crippen molar-refractivity contribution < 1.29 is 24.2 Å². The largest absolute Gasteiger partial charge is 0.497 e. The van der Waals surface area contributed by atoms with E-state index in [0.29, 0.717) is 12.2 Å². The van der Waals surface area contributed by atoms with Crippen molar-refractivity contribution in [2.24, 2.45) is 0 Å². The van der Waals surface area contributed by atoms with Gasteiger partial charge in [-0.3, -0.25) is 9.69 Å². The lowest BCUT2D eigenvalue weighted by molar-refractivity contribution is -0.133. The molecule has 31 heavy (non-hydrogen) atoms. The second-order valence-corrected chi connectivity index (χ2v) is 8.36. The second kappa shape index (κ2) is 8.23. The Kier molecular flexibility index (Phi) is 5.62. The molecule has 2 atom stereocenters.